The maximum atomic E-state index is 12.3. The van der Waals surface area contributed by atoms with Crippen LogP contribution < -0.4 is 5.73 Å². The van der Waals surface area contributed by atoms with Crippen LogP contribution in [0.15, 0.2) is 30.5 Å². The third-order valence-electron chi connectivity index (χ3n) is 4.31. The SMILES string of the molecule is Cc1ccc(C(=O)Cc2ccn(C3CCCC3)n2)cc1N. The van der Waals surface area contributed by atoms with Gasteiger partial charge in [0.05, 0.1) is 18.2 Å². The highest BCUT2D eigenvalue weighted by molar-refractivity contribution is 5.98. The van der Waals surface area contributed by atoms with E-state index in [9.17, 15) is 4.79 Å². The van der Waals surface area contributed by atoms with Gasteiger partial charge in [0.25, 0.3) is 0 Å². The van der Waals surface area contributed by atoms with Crippen molar-refractivity contribution in [1.82, 2.24) is 9.78 Å². The smallest absolute Gasteiger partial charge is 0.168 e. The summed E-state index contributed by atoms with van der Waals surface area (Å²) in [5.74, 6) is 0.0679. The van der Waals surface area contributed by atoms with E-state index in [0.29, 0.717) is 23.7 Å². The molecule has 21 heavy (non-hydrogen) atoms. The molecule has 0 bridgehead atoms. The maximum Gasteiger partial charge on any atom is 0.168 e. The van der Waals surface area contributed by atoms with Crippen molar-refractivity contribution in [2.45, 2.75) is 45.1 Å². The number of hydrogen-bond acceptors (Lipinski definition) is 3. The van der Waals surface area contributed by atoms with Crippen molar-refractivity contribution in [3.05, 3.63) is 47.3 Å². The highest BCUT2D eigenvalue weighted by atomic mass is 16.1. The Bertz CT molecular complexity index is 654. The molecule has 0 radical (unpaired) electrons. The Morgan fingerprint density at radius 3 is 2.81 bits per heavy atom. The van der Waals surface area contributed by atoms with Crippen molar-refractivity contribution < 1.29 is 4.79 Å². The van der Waals surface area contributed by atoms with Gasteiger partial charge >= 0.3 is 0 Å². The molecule has 0 unspecified atom stereocenters. The third-order valence-corrected chi connectivity index (χ3v) is 4.31. The first-order valence-electron chi connectivity index (χ1n) is 7.57. The lowest BCUT2D eigenvalue weighted by molar-refractivity contribution is 0.0991. The fourth-order valence-electron chi connectivity index (χ4n) is 2.92. The van der Waals surface area contributed by atoms with Crippen LogP contribution in [0.3, 0.4) is 0 Å². The topological polar surface area (TPSA) is 60.9 Å². The molecule has 110 valence electrons. The van der Waals surface area contributed by atoms with Crippen LogP contribution in [0, 0.1) is 6.92 Å². The van der Waals surface area contributed by atoms with E-state index in [-0.39, 0.29) is 5.78 Å². The lowest BCUT2D eigenvalue weighted by atomic mass is 10.0. The standard InChI is InChI=1S/C17H21N3O/c1-12-6-7-13(10-16(12)18)17(21)11-14-8-9-20(19-14)15-4-2-3-5-15/h6-10,15H,2-5,11,18H2,1H3. The number of Topliss-reactive ketones (excluding diaryl/α,β-unsaturated/α-hetero) is 1. The maximum absolute atomic E-state index is 12.3. The number of carbonyl (C=O) groups excluding carboxylic acids is 1. The molecular formula is C17H21N3O. The molecule has 4 nitrogen and oxygen atoms in total. The van der Waals surface area contributed by atoms with Gasteiger partial charge in [-0.15, -0.1) is 0 Å². The van der Waals surface area contributed by atoms with Gasteiger partial charge in [0, 0.05) is 17.4 Å². The number of hydrogen-bond donors (Lipinski definition) is 1. The summed E-state index contributed by atoms with van der Waals surface area (Å²) in [6, 6.07) is 7.95. The summed E-state index contributed by atoms with van der Waals surface area (Å²) in [7, 11) is 0. The molecular weight excluding hydrogens is 262 g/mol. The van der Waals surface area contributed by atoms with E-state index in [2.05, 4.69) is 5.10 Å². The molecule has 0 saturated heterocycles. The van der Waals surface area contributed by atoms with Crippen molar-refractivity contribution in [3.63, 3.8) is 0 Å². The Hall–Kier alpha value is -2.10. The van der Waals surface area contributed by atoms with Crippen LogP contribution in [0.2, 0.25) is 0 Å². The minimum absolute atomic E-state index is 0.0679. The zero-order valence-electron chi connectivity index (χ0n) is 12.4. The van der Waals surface area contributed by atoms with Gasteiger partial charge in [0.2, 0.25) is 0 Å². The average Bonchev–Trinajstić information content (AvgIpc) is 3.12. The second-order valence-corrected chi connectivity index (χ2v) is 5.90. The van der Waals surface area contributed by atoms with Crippen LogP contribution in [0.4, 0.5) is 5.69 Å². The highest BCUT2D eigenvalue weighted by Crippen LogP contribution is 2.28. The number of anilines is 1. The molecule has 0 spiro atoms. The zero-order valence-corrected chi connectivity index (χ0v) is 12.4. The first-order valence-corrected chi connectivity index (χ1v) is 7.57. The van der Waals surface area contributed by atoms with Gasteiger partial charge in [0.15, 0.2) is 5.78 Å². The van der Waals surface area contributed by atoms with Crippen molar-refractivity contribution in [1.29, 1.82) is 0 Å². The van der Waals surface area contributed by atoms with Crippen LogP contribution in [0.1, 0.15) is 53.3 Å². The van der Waals surface area contributed by atoms with Crippen molar-refractivity contribution in [2.24, 2.45) is 0 Å². The molecule has 1 aromatic heterocycles. The van der Waals surface area contributed by atoms with E-state index >= 15 is 0 Å². The molecule has 1 heterocycles. The van der Waals surface area contributed by atoms with Crippen LogP contribution in [-0.4, -0.2) is 15.6 Å². The van der Waals surface area contributed by atoms with Gasteiger partial charge in [0.1, 0.15) is 0 Å². The van der Waals surface area contributed by atoms with E-state index in [4.69, 9.17) is 5.73 Å². The third kappa shape index (κ3) is 2.99. The minimum Gasteiger partial charge on any atom is -0.398 e. The second kappa shape index (κ2) is 5.72. The Balaban J connectivity index is 1.70. The van der Waals surface area contributed by atoms with Crippen molar-refractivity contribution >= 4 is 11.5 Å². The molecule has 1 aromatic carbocycles. The van der Waals surface area contributed by atoms with Gasteiger partial charge in [-0.2, -0.15) is 5.10 Å². The molecule has 2 N–H and O–H groups in total. The van der Waals surface area contributed by atoms with Gasteiger partial charge < -0.3 is 5.73 Å². The summed E-state index contributed by atoms with van der Waals surface area (Å²) in [5, 5.41) is 4.56. The molecule has 0 aliphatic heterocycles. The predicted molar refractivity (Wildman–Crippen MR) is 83.4 cm³/mol. The monoisotopic (exact) mass is 283 g/mol. The molecule has 0 amide bonds. The first kappa shape index (κ1) is 13.9. The zero-order chi connectivity index (χ0) is 14.8. The minimum atomic E-state index is 0.0679. The number of rotatable bonds is 4. The fraction of sp³-hybridized carbons (Fsp3) is 0.412. The van der Waals surface area contributed by atoms with Gasteiger partial charge in [-0.1, -0.05) is 25.0 Å². The van der Waals surface area contributed by atoms with Crippen LogP contribution in [-0.2, 0) is 6.42 Å². The predicted octanol–water partition coefficient (Wildman–Crippen LogP) is 3.31. The second-order valence-electron chi connectivity index (χ2n) is 5.90. The summed E-state index contributed by atoms with van der Waals surface area (Å²) >= 11 is 0. The van der Waals surface area contributed by atoms with Gasteiger partial charge in [-0.05, 0) is 37.5 Å². The van der Waals surface area contributed by atoms with Crippen molar-refractivity contribution in [3.8, 4) is 0 Å². The van der Waals surface area contributed by atoms with E-state index in [0.717, 1.165) is 11.3 Å². The molecule has 1 aliphatic carbocycles. The van der Waals surface area contributed by atoms with E-state index in [1.54, 1.807) is 6.07 Å². The number of aryl methyl sites for hydroxylation is 1. The van der Waals surface area contributed by atoms with Gasteiger partial charge in [-0.25, -0.2) is 0 Å². The Morgan fingerprint density at radius 2 is 2.10 bits per heavy atom. The number of ketones is 1. The summed E-state index contributed by atoms with van der Waals surface area (Å²) in [6.45, 7) is 1.94. The van der Waals surface area contributed by atoms with Crippen LogP contribution in [0.5, 0.6) is 0 Å². The Kier molecular flexibility index (Phi) is 3.78. The number of benzene rings is 1. The van der Waals surface area contributed by atoms with Crippen LogP contribution >= 0.6 is 0 Å². The molecule has 2 aromatic rings. The van der Waals surface area contributed by atoms with Gasteiger partial charge in [-0.3, -0.25) is 9.48 Å². The summed E-state index contributed by atoms with van der Waals surface area (Å²) in [6.07, 6.45) is 7.29. The molecule has 1 aliphatic rings. The number of aromatic nitrogens is 2. The Labute approximate surface area is 125 Å². The summed E-state index contributed by atoms with van der Waals surface area (Å²) in [4.78, 5) is 12.3. The number of carbonyl (C=O) groups is 1. The van der Waals surface area contributed by atoms with Crippen LogP contribution in [0.25, 0.3) is 0 Å². The highest BCUT2D eigenvalue weighted by Gasteiger charge is 2.18. The van der Waals surface area contributed by atoms with E-state index in [1.807, 2.05) is 36.0 Å². The van der Waals surface area contributed by atoms with E-state index in [1.165, 1.54) is 25.7 Å². The summed E-state index contributed by atoms with van der Waals surface area (Å²) < 4.78 is 2.03. The number of nitrogens with two attached hydrogens (primary N) is 1. The van der Waals surface area contributed by atoms with E-state index < -0.39 is 0 Å². The molecule has 0 atom stereocenters. The number of nitrogens with zero attached hydrogens (tertiary/aromatic N) is 2. The Morgan fingerprint density at radius 1 is 1.33 bits per heavy atom. The lowest BCUT2D eigenvalue weighted by Gasteiger charge is -2.08. The quantitative estimate of drug-likeness (QED) is 0.691. The molecule has 1 saturated carbocycles. The molecule has 4 heteroatoms. The normalized spacial score (nSPS) is 15.5. The molecule has 3 rings (SSSR count). The average molecular weight is 283 g/mol. The largest absolute Gasteiger partial charge is 0.398 e. The molecule has 1 fully saturated rings. The summed E-state index contributed by atoms with van der Waals surface area (Å²) in [5.41, 5.74) is 9.03. The fourth-order valence-corrected chi connectivity index (χ4v) is 2.92. The lowest BCUT2D eigenvalue weighted by Crippen LogP contribution is -2.08. The first-order chi connectivity index (χ1) is 10.1. The number of nitrogen functional groups attached to an aromatic ring is 1. The van der Waals surface area contributed by atoms with Crippen molar-refractivity contribution in [2.75, 3.05) is 5.73 Å².